The highest BCUT2D eigenvalue weighted by Crippen LogP contribution is 2.30. The van der Waals surface area contributed by atoms with E-state index in [1.54, 1.807) is 0 Å². The van der Waals surface area contributed by atoms with Crippen LogP contribution in [0.1, 0.15) is 46.7 Å². The number of benzene rings is 3. The fraction of sp³-hybridized carbons (Fsp3) is 0.188. The van der Waals surface area contributed by atoms with Gasteiger partial charge in [-0.25, -0.2) is 0 Å². The molecule has 1 heteroatoms. The molecule has 0 radical (unpaired) electrons. The summed E-state index contributed by atoms with van der Waals surface area (Å²) in [6.07, 6.45) is 12.4. The van der Waals surface area contributed by atoms with Gasteiger partial charge >= 0.3 is 0 Å². The first-order valence-electron chi connectivity index (χ1n) is 11.6. The Kier molecular flexibility index (Phi) is 8.27. The lowest BCUT2D eigenvalue weighted by molar-refractivity contribution is 1.20. The minimum Gasteiger partial charge on any atom is -0.398 e. The second kappa shape index (κ2) is 11.3. The Morgan fingerprint density at radius 3 is 2.33 bits per heavy atom. The molecule has 0 bridgehead atoms. The van der Waals surface area contributed by atoms with E-state index in [0.29, 0.717) is 0 Å². The van der Waals surface area contributed by atoms with E-state index in [4.69, 9.17) is 5.73 Å². The molecule has 0 amide bonds. The van der Waals surface area contributed by atoms with E-state index in [1.165, 1.54) is 44.5 Å². The third kappa shape index (κ3) is 6.23. The first kappa shape index (κ1) is 24.1. The number of hydrogen-bond donors (Lipinski definition) is 1. The van der Waals surface area contributed by atoms with E-state index >= 15 is 0 Å². The lowest BCUT2D eigenvalue weighted by atomic mass is 9.92. The molecular formula is C32H35N. The highest BCUT2D eigenvalue weighted by Gasteiger charge is 2.09. The Morgan fingerprint density at radius 1 is 0.848 bits per heavy atom. The third-order valence-electron chi connectivity index (χ3n) is 6.08. The van der Waals surface area contributed by atoms with Gasteiger partial charge in [0.2, 0.25) is 0 Å². The van der Waals surface area contributed by atoms with Crippen LogP contribution in [0.15, 0.2) is 97.1 Å². The highest BCUT2D eigenvalue weighted by atomic mass is 14.6. The summed E-state index contributed by atoms with van der Waals surface area (Å²) in [5, 5.41) is 0. The molecule has 0 fully saturated rings. The number of nitrogens with two attached hydrogens (primary N) is 1. The fourth-order valence-electron chi connectivity index (χ4n) is 4.06. The van der Waals surface area contributed by atoms with Crippen molar-refractivity contribution in [1.29, 1.82) is 0 Å². The minimum absolute atomic E-state index is 0.785. The van der Waals surface area contributed by atoms with Crippen LogP contribution < -0.4 is 5.73 Å². The van der Waals surface area contributed by atoms with E-state index in [9.17, 15) is 0 Å². The maximum atomic E-state index is 6.49. The fourth-order valence-corrected chi connectivity index (χ4v) is 4.06. The van der Waals surface area contributed by atoms with Crippen molar-refractivity contribution in [2.75, 3.05) is 0 Å². The number of rotatable bonds is 8. The lowest BCUT2D eigenvalue weighted by Gasteiger charge is -2.13. The third-order valence-corrected chi connectivity index (χ3v) is 6.08. The monoisotopic (exact) mass is 433 g/mol. The van der Waals surface area contributed by atoms with E-state index in [2.05, 4.69) is 119 Å². The number of allylic oxidation sites excluding steroid dienone is 5. The molecule has 0 atom stereocenters. The van der Waals surface area contributed by atoms with Gasteiger partial charge in [-0.1, -0.05) is 97.1 Å². The van der Waals surface area contributed by atoms with Crippen LogP contribution >= 0.6 is 0 Å². The van der Waals surface area contributed by atoms with Gasteiger partial charge in [-0.2, -0.15) is 0 Å². The summed E-state index contributed by atoms with van der Waals surface area (Å²) in [5.74, 6) is 0. The summed E-state index contributed by atoms with van der Waals surface area (Å²) in [6, 6.07) is 21.3. The maximum absolute atomic E-state index is 6.49. The van der Waals surface area contributed by atoms with E-state index in [1.807, 2.05) is 6.08 Å². The topological polar surface area (TPSA) is 26.0 Å². The molecule has 0 aliphatic heterocycles. The Balaban J connectivity index is 1.76. The first-order valence-corrected chi connectivity index (χ1v) is 11.6. The molecule has 0 aromatic heterocycles. The highest BCUT2D eigenvalue weighted by molar-refractivity contribution is 5.78. The quantitative estimate of drug-likeness (QED) is 0.280. The summed E-state index contributed by atoms with van der Waals surface area (Å²) in [6.45, 7) is 12.5. The van der Waals surface area contributed by atoms with E-state index in [-0.39, 0.29) is 0 Å². The summed E-state index contributed by atoms with van der Waals surface area (Å²) < 4.78 is 0. The van der Waals surface area contributed by atoms with E-state index in [0.717, 1.165) is 24.1 Å². The van der Waals surface area contributed by atoms with Gasteiger partial charge in [0.1, 0.15) is 0 Å². The van der Waals surface area contributed by atoms with E-state index < -0.39 is 0 Å². The molecule has 0 heterocycles. The van der Waals surface area contributed by atoms with Crippen molar-refractivity contribution in [3.05, 3.63) is 131 Å². The van der Waals surface area contributed by atoms with Crippen LogP contribution in [0.5, 0.6) is 0 Å². The Bertz CT molecular complexity index is 1220. The molecule has 0 aliphatic rings. The number of hydrogen-bond acceptors (Lipinski definition) is 1. The average Bonchev–Trinajstić information content (AvgIpc) is 2.79. The van der Waals surface area contributed by atoms with Crippen molar-refractivity contribution in [3.8, 4) is 11.1 Å². The Labute approximate surface area is 199 Å². The van der Waals surface area contributed by atoms with Crippen LogP contribution in [0.25, 0.3) is 22.9 Å². The van der Waals surface area contributed by atoms with Crippen LogP contribution in [0.3, 0.4) is 0 Å². The average molecular weight is 434 g/mol. The largest absolute Gasteiger partial charge is 0.398 e. The predicted octanol–water partition coefficient (Wildman–Crippen LogP) is 8.36. The summed E-state index contributed by atoms with van der Waals surface area (Å²) in [7, 11) is 0. The maximum Gasteiger partial charge on any atom is 0.0390 e. The molecule has 0 spiro atoms. The standard InChI is InChI=1S/C32H35N/c1-23(2)13-10-16-28-18-11-17-27(25(28)4)15-7-9-22-32(33)31-21-12-20-30(26(31)5)29-19-8-6-14-24(29)3/h6-12,14,16-22H,1,13,15,33H2,2-5H3/b9-7-,16-10-,32-22-. The van der Waals surface area contributed by atoms with Crippen molar-refractivity contribution < 1.29 is 0 Å². The van der Waals surface area contributed by atoms with Crippen LogP contribution in [-0.4, -0.2) is 0 Å². The molecule has 0 saturated carbocycles. The van der Waals surface area contributed by atoms with Gasteiger partial charge in [-0.15, -0.1) is 0 Å². The van der Waals surface area contributed by atoms with Gasteiger partial charge in [-0.05, 0) is 85.6 Å². The molecule has 3 rings (SSSR count). The molecule has 33 heavy (non-hydrogen) atoms. The normalized spacial score (nSPS) is 12.1. The van der Waals surface area contributed by atoms with Gasteiger partial charge in [-0.3, -0.25) is 0 Å². The molecule has 1 nitrogen and oxygen atoms in total. The second-order valence-corrected chi connectivity index (χ2v) is 8.74. The van der Waals surface area contributed by atoms with Gasteiger partial charge in [0.15, 0.2) is 0 Å². The molecule has 3 aromatic carbocycles. The summed E-state index contributed by atoms with van der Waals surface area (Å²) >= 11 is 0. The van der Waals surface area contributed by atoms with Crippen molar-refractivity contribution >= 4 is 11.8 Å². The van der Waals surface area contributed by atoms with Crippen molar-refractivity contribution in [2.24, 2.45) is 5.73 Å². The Morgan fingerprint density at radius 2 is 1.58 bits per heavy atom. The zero-order chi connectivity index (χ0) is 23.8. The van der Waals surface area contributed by atoms with Crippen LogP contribution in [0.4, 0.5) is 0 Å². The molecule has 2 N–H and O–H groups in total. The van der Waals surface area contributed by atoms with Crippen LogP contribution in [0.2, 0.25) is 0 Å². The van der Waals surface area contributed by atoms with Gasteiger partial charge in [0.25, 0.3) is 0 Å². The van der Waals surface area contributed by atoms with Gasteiger partial charge in [0, 0.05) is 11.3 Å². The Hall–Kier alpha value is -3.58. The second-order valence-electron chi connectivity index (χ2n) is 8.74. The molecular weight excluding hydrogens is 398 g/mol. The van der Waals surface area contributed by atoms with Crippen molar-refractivity contribution in [3.63, 3.8) is 0 Å². The van der Waals surface area contributed by atoms with Gasteiger partial charge < -0.3 is 5.73 Å². The molecule has 0 unspecified atom stereocenters. The van der Waals surface area contributed by atoms with Crippen LogP contribution in [0, 0.1) is 20.8 Å². The minimum atomic E-state index is 0.785. The molecule has 0 saturated heterocycles. The lowest BCUT2D eigenvalue weighted by Crippen LogP contribution is -2.00. The first-order chi connectivity index (χ1) is 15.9. The molecule has 3 aromatic rings. The summed E-state index contributed by atoms with van der Waals surface area (Å²) in [4.78, 5) is 0. The predicted molar refractivity (Wildman–Crippen MR) is 146 cm³/mol. The zero-order valence-corrected chi connectivity index (χ0v) is 20.4. The SMILES string of the molecule is C=C(C)C/C=C\c1cccc(C/C=C\C=C(/N)c2cccc(-c3ccccc3C)c2C)c1C. The van der Waals surface area contributed by atoms with Crippen molar-refractivity contribution in [2.45, 2.75) is 40.5 Å². The number of aryl methyl sites for hydroxylation is 1. The van der Waals surface area contributed by atoms with Crippen molar-refractivity contribution in [1.82, 2.24) is 0 Å². The van der Waals surface area contributed by atoms with Gasteiger partial charge in [0.05, 0.1) is 0 Å². The smallest absolute Gasteiger partial charge is 0.0390 e. The summed E-state index contributed by atoms with van der Waals surface area (Å²) in [5.41, 5.74) is 18.4. The zero-order valence-electron chi connectivity index (χ0n) is 20.4. The van der Waals surface area contributed by atoms with Crippen LogP contribution in [-0.2, 0) is 6.42 Å². The molecule has 168 valence electrons. The molecule has 0 aliphatic carbocycles.